The van der Waals surface area contributed by atoms with Crippen LogP contribution in [-0.2, 0) is 6.42 Å². The van der Waals surface area contributed by atoms with Crippen molar-refractivity contribution in [2.24, 2.45) is 4.99 Å². The number of hydrogen-bond donors (Lipinski definition) is 3. The van der Waals surface area contributed by atoms with E-state index in [1.807, 2.05) is 31.2 Å². The van der Waals surface area contributed by atoms with Gasteiger partial charge in [-0.05, 0) is 43.2 Å². The standard InChI is InChI=1S/C19H24ClN5O.HI/c1-2-22-19(24-11-9-15-5-7-17(20)8-6-15)25-13-12-23-18(26)16-4-3-10-21-14-16;/h3-8,10,14H,2,9,11-13H2,1H3,(H,23,26)(H2,22,24,25);1H. The Hall–Kier alpha value is -1.87. The lowest BCUT2D eigenvalue weighted by Gasteiger charge is -2.12. The molecule has 0 aliphatic heterocycles. The molecule has 2 rings (SSSR count). The molecule has 8 heteroatoms. The average Bonchev–Trinajstić information content (AvgIpc) is 2.67. The molecule has 0 saturated heterocycles. The topological polar surface area (TPSA) is 78.4 Å². The fraction of sp³-hybridized carbons (Fsp3) is 0.316. The molecular weight excluding hydrogens is 477 g/mol. The van der Waals surface area contributed by atoms with Crippen molar-refractivity contribution in [2.45, 2.75) is 13.3 Å². The normalized spacial score (nSPS) is 10.7. The zero-order valence-electron chi connectivity index (χ0n) is 15.2. The fourth-order valence-electron chi connectivity index (χ4n) is 2.25. The van der Waals surface area contributed by atoms with Crippen LogP contribution in [0.3, 0.4) is 0 Å². The number of carbonyl (C=O) groups excluding carboxylic acids is 1. The molecule has 0 radical (unpaired) electrons. The summed E-state index contributed by atoms with van der Waals surface area (Å²) in [6.07, 6.45) is 4.03. The molecule has 6 nitrogen and oxygen atoms in total. The summed E-state index contributed by atoms with van der Waals surface area (Å²) in [5.74, 6) is 0.599. The largest absolute Gasteiger partial charge is 0.357 e. The van der Waals surface area contributed by atoms with Crippen LogP contribution < -0.4 is 16.0 Å². The van der Waals surface area contributed by atoms with Gasteiger partial charge in [-0.25, -0.2) is 0 Å². The van der Waals surface area contributed by atoms with Gasteiger partial charge in [0.2, 0.25) is 0 Å². The molecule has 0 atom stereocenters. The van der Waals surface area contributed by atoms with Gasteiger partial charge in [0.05, 0.1) is 5.56 Å². The molecule has 27 heavy (non-hydrogen) atoms. The molecular formula is C19H25ClIN5O. The van der Waals surface area contributed by atoms with E-state index in [-0.39, 0.29) is 29.9 Å². The minimum absolute atomic E-state index is 0. The molecule has 0 spiro atoms. The summed E-state index contributed by atoms with van der Waals surface area (Å²) in [6, 6.07) is 11.3. The smallest absolute Gasteiger partial charge is 0.252 e. The number of aliphatic imine (C=N–C) groups is 1. The molecule has 1 amide bonds. The molecule has 0 bridgehead atoms. The van der Waals surface area contributed by atoms with E-state index in [1.165, 1.54) is 5.56 Å². The fourth-order valence-corrected chi connectivity index (χ4v) is 2.37. The Balaban J connectivity index is 0.00000364. The Labute approximate surface area is 182 Å². The third kappa shape index (κ3) is 9.05. The summed E-state index contributed by atoms with van der Waals surface area (Å²) in [5, 5.41) is 9.99. The van der Waals surface area contributed by atoms with Gasteiger partial charge in [-0.3, -0.25) is 14.8 Å². The number of pyridine rings is 1. The first-order chi connectivity index (χ1) is 12.7. The summed E-state index contributed by atoms with van der Waals surface area (Å²) >= 11 is 5.89. The number of amides is 1. The SMILES string of the molecule is CCNC(=NCCc1ccc(Cl)cc1)NCCNC(=O)c1cccnc1.I. The van der Waals surface area contributed by atoms with Crippen LogP contribution in [0, 0.1) is 0 Å². The van der Waals surface area contributed by atoms with Gasteiger partial charge in [-0.15, -0.1) is 24.0 Å². The van der Waals surface area contributed by atoms with Crippen molar-refractivity contribution in [1.82, 2.24) is 20.9 Å². The quantitative estimate of drug-likeness (QED) is 0.225. The third-order valence-corrected chi connectivity index (χ3v) is 3.81. The molecule has 0 aliphatic rings. The maximum Gasteiger partial charge on any atom is 0.252 e. The first-order valence-corrected chi connectivity index (χ1v) is 9.01. The highest BCUT2D eigenvalue weighted by Gasteiger charge is 2.04. The van der Waals surface area contributed by atoms with E-state index in [9.17, 15) is 4.79 Å². The van der Waals surface area contributed by atoms with Crippen molar-refractivity contribution in [1.29, 1.82) is 0 Å². The van der Waals surface area contributed by atoms with Gasteiger partial charge in [0.15, 0.2) is 5.96 Å². The second-order valence-electron chi connectivity index (χ2n) is 5.56. The Kier molecular flexibility index (Phi) is 11.4. The number of nitrogens with zero attached hydrogens (tertiary/aromatic N) is 2. The highest BCUT2D eigenvalue weighted by atomic mass is 127. The molecule has 0 saturated carbocycles. The molecule has 1 aromatic carbocycles. The van der Waals surface area contributed by atoms with E-state index >= 15 is 0 Å². The Morgan fingerprint density at radius 1 is 1.11 bits per heavy atom. The van der Waals surface area contributed by atoms with Gasteiger partial charge in [0.25, 0.3) is 5.91 Å². The molecule has 0 aliphatic carbocycles. The minimum Gasteiger partial charge on any atom is -0.357 e. The summed E-state index contributed by atoms with van der Waals surface area (Å²) in [7, 11) is 0. The number of rotatable bonds is 8. The van der Waals surface area contributed by atoms with Crippen LogP contribution in [0.4, 0.5) is 0 Å². The summed E-state index contributed by atoms with van der Waals surface area (Å²) in [4.78, 5) is 20.4. The lowest BCUT2D eigenvalue weighted by molar-refractivity contribution is 0.0954. The average molecular weight is 502 g/mol. The lowest BCUT2D eigenvalue weighted by Crippen LogP contribution is -2.41. The van der Waals surface area contributed by atoms with Crippen molar-refractivity contribution in [3.63, 3.8) is 0 Å². The maximum absolute atomic E-state index is 11.9. The van der Waals surface area contributed by atoms with Gasteiger partial charge >= 0.3 is 0 Å². The molecule has 2 aromatic rings. The number of guanidine groups is 1. The lowest BCUT2D eigenvalue weighted by atomic mass is 10.1. The van der Waals surface area contributed by atoms with Crippen molar-refractivity contribution < 1.29 is 4.79 Å². The number of aromatic nitrogens is 1. The van der Waals surface area contributed by atoms with Crippen molar-refractivity contribution in [3.05, 3.63) is 64.9 Å². The van der Waals surface area contributed by atoms with Crippen LogP contribution in [0.25, 0.3) is 0 Å². The van der Waals surface area contributed by atoms with E-state index in [2.05, 4.69) is 25.9 Å². The van der Waals surface area contributed by atoms with E-state index in [1.54, 1.807) is 24.5 Å². The first kappa shape index (κ1) is 23.2. The highest BCUT2D eigenvalue weighted by Crippen LogP contribution is 2.09. The second-order valence-corrected chi connectivity index (χ2v) is 6.00. The Morgan fingerprint density at radius 2 is 1.85 bits per heavy atom. The monoisotopic (exact) mass is 501 g/mol. The number of carbonyl (C=O) groups is 1. The van der Waals surface area contributed by atoms with E-state index in [0.717, 1.165) is 23.9 Å². The summed E-state index contributed by atoms with van der Waals surface area (Å²) in [6.45, 7) is 4.53. The first-order valence-electron chi connectivity index (χ1n) is 8.64. The zero-order chi connectivity index (χ0) is 18.6. The zero-order valence-corrected chi connectivity index (χ0v) is 18.3. The predicted molar refractivity (Wildman–Crippen MR) is 121 cm³/mol. The van der Waals surface area contributed by atoms with E-state index in [0.29, 0.717) is 25.2 Å². The van der Waals surface area contributed by atoms with Crippen LogP contribution in [0.2, 0.25) is 5.02 Å². The number of hydrogen-bond acceptors (Lipinski definition) is 3. The van der Waals surface area contributed by atoms with Gasteiger partial charge in [0.1, 0.15) is 0 Å². The third-order valence-electron chi connectivity index (χ3n) is 3.55. The Morgan fingerprint density at radius 3 is 2.52 bits per heavy atom. The Bertz CT molecular complexity index is 710. The second kappa shape index (κ2) is 13.3. The number of nitrogens with one attached hydrogen (secondary N) is 3. The van der Waals surface area contributed by atoms with Crippen molar-refractivity contribution in [2.75, 3.05) is 26.2 Å². The van der Waals surface area contributed by atoms with E-state index in [4.69, 9.17) is 11.6 Å². The summed E-state index contributed by atoms with van der Waals surface area (Å²) in [5.41, 5.74) is 1.74. The molecule has 1 heterocycles. The van der Waals surface area contributed by atoms with Crippen molar-refractivity contribution in [3.8, 4) is 0 Å². The van der Waals surface area contributed by atoms with Gasteiger partial charge in [-0.1, -0.05) is 23.7 Å². The van der Waals surface area contributed by atoms with E-state index < -0.39 is 0 Å². The molecule has 3 N–H and O–H groups in total. The maximum atomic E-state index is 11.9. The number of benzene rings is 1. The van der Waals surface area contributed by atoms with Crippen LogP contribution >= 0.6 is 35.6 Å². The van der Waals surface area contributed by atoms with Crippen LogP contribution in [-0.4, -0.2) is 43.0 Å². The van der Waals surface area contributed by atoms with Crippen molar-refractivity contribution >= 4 is 47.4 Å². The van der Waals surface area contributed by atoms with Gasteiger partial charge in [-0.2, -0.15) is 0 Å². The summed E-state index contributed by atoms with van der Waals surface area (Å²) < 4.78 is 0. The molecule has 1 aromatic heterocycles. The highest BCUT2D eigenvalue weighted by molar-refractivity contribution is 14.0. The van der Waals surface area contributed by atoms with Gasteiger partial charge < -0.3 is 16.0 Å². The van der Waals surface area contributed by atoms with Crippen LogP contribution in [0.1, 0.15) is 22.8 Å². The molecule has 146 valence electrons. The molecule has 0 fully saturated rings. The minimum atomic E-state index is -0.135. The number of halogens is 2. The predicted octanol–water partition coefficient (Wildman–Crippen LogP) is 2.88. The molecule has 0 unspecified atom stereocenters. The van der Waals surface area contributed by atoms with Gasteiger partial charge in [0, 0.05) is 43.6 Å². The van der Waals surface area contributed by atoms with Crippen LogP contribution in [0.15, 0.2) is 53.8 Å². The van der Waals surface area contributed by atoms with Crippen LogP contribution in [0.5, 0.6) is 0 Å².